The van der Waals surface area contributed by atoms with Crippen molar-refractivity contribution in [2.45, 2.75) is 41.6 Å². The van der Waals surface area contributed by atoms with Gasteiger partial charge in [-0.05, 0) is 19.3 Å². The minimum Gasteiger partial charge on any atom is -0.442 e. The third kappa shape index (κ3) is 2.21. The lowest BCUT2D eigenvalue weighted by molar-refractivity contribution is -0.0592. The van der Waals surface area contributed by atoms with Gasteiger partial charge in [-0.2, -0.15) is 0 Å². The van der Waals surface area contributed by atoms with Gasteiger partial charge in [0.05, 0.1) is 3.92 Å². The summed E-state index contributed by atoms with van der Waals surface area (Å²) in [6, 6.07) is 0. The summed E-state index contributed by atoms with van der Waals surface area (Å²) < 4.78 is 6.20. The number of amides is 1. The van der Waals surface area contributed by atoms with E-state index in [1.54, 1.807) is 11.0 Å². The first-order valence-corrected chi connectivity index (χ1v) is 7.15. The van der Waals surface area contributed by atoms with Gasteiger partial charge in [-0.25, -0.2) is 4.79 Å². The monoisotopic (exact) mass is 335 g/mol. The van der Waals surface area contributed by atoms with Gasteiger partial charge >= 0.3 is 6.09 Å². The first-order chi connectivity index (χ1) is 7.68. The first-order valence-electron chi connectivity index (χ1n) is 5.91. The third-order valence-electron chi connectivity index (χ3n) is 3.58. The van der Waals surface area contributed by atoms with Crippen molar-refractivity contribution in [2.75, 3.05) is 13.1 Å². The van der Waals surface area contributed by atoms with E-state index in [2.05, 4.69) is 29.2 Å². The zero-order valence-corrected chi connectivity index (χ0v) is 11.6. The fraction of sp³-hybridized carbons (Fsp3) is 0.750. The normalized spacial score (nSPS) is 34.9. The number of ether oxygens (including phenoxy) is 1. The highest BCUT2D eigenvalue weighted by molar-refractivity contribution is 14.1. The van der Waals surface area contributed by atoms with Crippen LogP contribution >= 0.6 is 22.6 Å². The Morgan fingerprint density at radius 3 is 3.00 bits per heavy atom. The van der Waals surface area contributed by atoms with Crippen LogP contribution in [0.5, 0.6) is 0 Å². The molecular formula is C12H18INO2. The minimum absolute atomic E-state index is 0.158. The summed E-state index contributed by atoms with van der Waals surface area (Å²) in [5.74, 6) is 0. The smallest absolute Gasteiger partial charge is 0.410 e. The average molecular weight is 335 g/mol. The quantitative estimate of drug-likeness (QED) is 0.441. The molecule has 90 valence electrons. The Bertz CT molecular complexity index is 295. The lowest BCUT2D eigenvalue weighted by Crippen LogP contribution is -2.55. The molecule has 1 saturated carbocycles. The molecule has 0 aromatic heterocycles. The second kappa shape index (κ2) is 4.94. The highest BCUT2D eigenvalue weighted by Gasteiger charge is 2.46. The van der Waals surface area contributed by atoms with Crippen molar-refractivity contribution in [3.8, 4) is 0 Å². The maximum atomic E-state index is 11.9. The fourth-order valence-electron chi connectivity index (χ4n) is 2.59. The van der Waals surface area contributed by atoms with Crippen LogP contribution in [-0.2, 0) is 4.74 Å². The van der Waals surface area contributed by atoms with Crippen molar-refractivity contribution >= 4 is 28.7 Å². The molecule has 0 radical (unpaired) electrons. The van der Waals surface area contributed by atoms with E-state index < -0.39 is 0 Å². The Kier molecular flexibility index (Phi) is 3.77. The highest BCUT2D eigenvalue weighted by atomic mass is 127. The number of carbonyl (C=O) groups is 1. The standard InChI is InChI=1S/C12H18INO2/c1-2-8-14-9-7-12(16-11(14)15)6-4-3-5-10(12)13/h2,10H,1,3-9H2/t10-,12+/m1/s1. The predicted molar refractivity (Wildman–Crippen MR) is 71.9 cm³/mol. The molecular weight excluding hydrogens is 317 g/mol. The molecule has 1 aliphatic carbocycles. The van der Waals surface area contributed by atoms with Crippen LogP contribution in [0.15, 0.2) is 12.7 Å². The topological polar surface area (TPSA) is 29.5 Å². The molecule has 0 unspecified atom stereocenters. The van der Waals surface area contributed by atoms with E-state index in [9.17, 15) is 4.79 Å². The number of alkyl halides is 1. The van der Waals surface area contributed by atoms with Gasteiger partial charge in [-0.1, -0.05) is 35.1 Å². The summed E-state index contributed by atoms with van der Waals surface area (Å²) in [7, 11) is 0. The second-order valence-electron chi connectivity index (χ2n) is 4.63. The van der Waals surface area contributed by atoms with Crippen LogP contribution in [0, 0.1) is 0 Å². The molecule has 2 fully saturated rings. The first kappa shape index (κ1) is 12.2. The van der Waals surface area contributed by atoms with Gasteiger partial charge in [0.25, 0.3) is 0 Å². The maximum Gasteiger partial charge on any atom is 0.410 e. The molecule has 1 amide bonds. The van der Waals surface area contributed by atoms with Crippen molar-refractivity contribution in [2.24, 2.45) is 0 Å². The van der Waals surface area contributed by atoms with E-state index in [0.29, 0.717) is 10.5 Å². The maximum absolute atomic E-state index is 11.9. The number of nitrogens with zero attached hydrogens (tertiary/aromatic N) is 1. The Balaban J connectivity index is 2.04. The molecule has 0 aromatic carbocycles. The molecule has 1 saturated heterocycles. The zero-order chi connectivity index (χ0) is 11.6. The largest absolute Gasteiger partial charge is 0.442 e. The van der Waals surface area contributed by atoms with Gasteiger partial charge in [-0.15, -0.1) is 6.58 Å². The molecule has 16 heavy (non-hydrogen) atoms. The van der Waals surface area contributed by atoms with Gasteiger partial charge in [-0.3, -0.25) is 0 Å². The number of carbonyl (C=O) groups excluding carboxylic acids is 1. The summed E-state index contributed by atoms with van der Waals surface area (Å²) >= 11 is 2.45. The number of hydrogen-bond acceptors (Lipinski definition) is 2. The number of rotatable bonds is 2. The number of hydrogen-bond donors (Lipinski definition) is 0. The van der Waals surface area contributed by atoms with Gasteiger partial charge in [0.1, 0.15) is 5.60 Å². The van der Waals surface area contributed by atoms with Gasteiger partial charge < -0.3 is 9.64 Å². The van der Waals surface area contributed by atoms with Crippen molar-refractivity contribution in [3.63, 3.8) is 0 Å². The van der Waals surface area contributed by atoms with Crippen LogP contribution in [0.3, 0.4) is 0 Å². The Labute approximate surface area is 110 Å². The summed E-state index contributed by atoms with van der Waals surface area (Å²) in [5, 5.41) is 0. The summed E-state index contributed by atoms with van der Waals surface area (Å²) in [4.78, 5) is 13.6. The average Bonchev–Trinajstić information content (AvgIpc) is 2.27. The molecule has 1 spiro atoms. The van der Waals surface area contributed by atoms with Crippen molar-refractivity contribution in [3.05, 3.63) is 12.7 Å². The minimum atomic E-state index is -0.173. The number of halogens is 1. The lowest BCUT2D eigenvalue weighted by Gasteiger charge is -2.46. The molecule has 0 bridgehead atoms. The van der Waals surface area contributed by atoms with Gasteiger partial charge in [0.2, 0.25) is 0 Å². The molecule has 0 N–H and O–H groups in total. The molecule has 1 heterocycles. The van der Waals surface area contributed by atoms with Crippen molar-refractivity contribution in [1.82, 2.24) is 4.90 Å². The van der Waals surface area contributed by atoms with E-state index in [1.165, 1.54) is 19.3 Å². The van der Waals surface area contributed by atoms with Crippen LogP contribution < -0.4 is 0 Å². The Morgan fingerprint density at radius 2 is 2.38 bits per heavy atom. The molecule has 2 rings (SSSR count). The van der Waals surface area contributed by atoms with Crippen molar-refractivity contribution < 1.29 is 9.53 Å². The molecule has 4 heteroatoms. The zero-order valence-electron chi connectivity index (χ0n) is 9.45. The summed E-state index contributed by atoms with van der Waals surface area (Å²) in [6.07, 6.45) is 7.23. The summed E-state index contributed by atoms with van der Waals surface area (Å²) in [6.45, 7) is 5.07. The predicted octanol–water partition coefficient (Wildman–Crippen LogP) is 3.13. The Morgan fingerprint density at radius 1 is 1.56 bits per heavy atom. The molecule has 2 aliphatic rings. The van der Waals surface area contributed by atoms with E-state index in [4.69, 9.17) is 4.74 Å². The van der Waals surface area contributed by atoms with E-state index in [1.807, 2.05) is 0 Å². The lowest BCUT2D eigenvalue weighted by atomic mass is 9.81. The van der Waals surface area contributed by atoms with E-state index >= 15 is 0 Å². The summed E-state index contributed by atoms with van der Waals surface area (Å²) in [5.41, 5.74) is -0.173. The highest BCUT2D eigenvalue weighted by Crippen LogP contribution is 2.41. The van der Waals surface area contributed by atoms with Crippen LogP contribution in [0.2, 0.25) is 0 Å². The molecule has 0 aromatic rings. The van der Waals surface area contributed by atoms with Gasteiger partial charge in [0.15, 0.2) is 0 Å². The van der Waals surface area contributed by atoms with Crippen LogP contribution in [0.1, 0.15) is 32.1 Å². The van der Waals surface area contributed by atoms with Crippen molar-refractivity contribution in [1.29, 1.82) is 0 Å². The molecule has 3 nitrogen and oxygen atoms in total. The van der Waals surface area contributed by atoms with Crippen LogP contribution in [0.25, 0.3) is 0 Å². The molecule has 2 atom stereocenters. The van der Waals surface area contributed by atoms with Crippen LogP contribution in [0.4, 0.5) is 4.79 Å². The van der Waals surface area contributed by atoms with E-state index in [0.717, 1.165) is 19.4 Å². The molecule has 1 aliphatic heterocycles. The Hall–Kier alpha value is -0.260. The SMILES string of the molecule is C=CCN1CC[C@]2(CCCC[C@H]2I)OC1=O. The van der Waals surface area contributed by atoms with Crippen LogP contribution in [-0.4, -0.2) is 33.6 Å². The second-order valence-corrected chi connectivity index (χ2v) is 6.13. The van der Waals surface area contributed by atoms with Gasteiger partial charge in [0, 0.05) is 19.5 Å². The third-order valence-corrected chi connectivity index (χ3v) is 5.34. The van der Waals surface area contributed by atoms with E-state index in [-0.39, 0.29) is 11.7 Å². The fourth-order valence-corrected chi connectivity index (χ4v) is 3.78.